The SMILES string of the molecule is CN(C1CCOCC1)C(C)(C)C(=O)NC(=O)CC(=N)C(C)(C)C1CCOCC1. The molecule has 2 N–H and O–H groups in total. The normalized spacial score (nSPS) is 20.2. The smallest absolute Gasteiger partial charge is 0.246 e. The van der Waals surface area contributed by atoms with Gasteiger partial charge >= 0.3 is 0 Å². The molecule has 0 aromatic rings. The molecule has 2 rings (SSSR count). The van der Waals surface area contributed by atoms with E-state index >= 15 is 0 Å². The topological polar surface area (TPSA) is 91.7 Å². The van der Waals surface area contributed by atoms with Crippen LogP contribution in [0.2, 0.25) is 0 Å². The summed E-state index contributed by atoms with van der Waals surface area (Å²) in [4.78, 5) is 27.3. The van der Waals surface area contributed by atoms with Crippen molar-refractivity contribution in [2.75, 3.05) is 33.5 Å². The minimum atomic E-state index is -0.809. The lowest BCUT2D eigenvalue weighted by atomic mass is 9.70. The maximum atomic E-state index is 12.8. The lowest BCUT2D eigenvalue weighted by Gasteiger charge is -2.41. The van der Waals surface area contributed by atoms with Crippen molar-refractivity contribution in [1.29, 1.82) is 5.41 Å². The van der Waals surface area contributed by atoms with Crippen molar-refractivity contribution in [2.45, 2.75) is 71.4 Å². The van der Waals surface area contributed by atoms with Gasteiger partial charge in [-0.25, -0.2) is 0 Å². The summed E-state index contributed by atoms with van der Waals surface area (Å²) in [6.45, 7) is 10.5. The van der Waals surface area contributed by atoms with Crippen LogP contribution in [-0.2, 0) is 19.1 Å². The lowest BCUT2D eigenvalue weighted by Crippen LogP contribution is -2.58. The molecule has 2 saturated heterocycles. The average molecular weight is 396 g/mol. The van der Waals surface area contributed by atoms with E-state index in [1.165, 1.54) is 0 Å². The van der Waals surface area contributed by atoms with E-state index in [-0.39, 0.29) is 23.8 Å². The largest absolute Gasteiger partial charge is 0.381 e. The minimum Gasteiger partial charge on any atom is -0.381 e. The predicted octanol–water partition coefficient (Wildman–Crippen LogP) is 2.38. The number of nitrogens with zero attached hydrogens (tertiary/aromatic N) is 1. The van der Waals surface area contributed by atoms with Crippen LogP contribution in [0.3, 0.4) is 0 Å². The monoisotopic (exact) mass is 395 g/mol. The molecule has 7 nitrogen and oxygen atoms in total. The summed E-state index contributed by atoms with van der Waals surface area (Å²) in [7, 11) is 1.93. The van der Waals surface area contributed by atoms with Gasteiger partial charge < -0.3 is 14.9 Å². The number of nitrogens with one attached hydrogen (secondary N) is 2. The standard InChI is InChI=1S/C21H37N3O4/c1-20(2,15-6-10-27-11-7-15)17(22)14-18(25)23-19(26)21(3,4)24(5)16-8-12-28-13-9-16/h15-16,22H,6-14H2,1-5H3,(H,23,25,26). The molecule has 2 fully saturated rings. The average Bonchev–Trinajstić information content (AvgIpc) is 2.68. The first-order chi connectivity index (χ1) is 13.1. The number of imide groups is 1. The van der Waals surface area contributed by atoms with Crippen molar-refractivity contribution in [3.05, 3.63) is 0 Å². The zero-order valence-corrected chi connectivity index (χ0v) is 18.1. The van der Waals surface area contributed by atoms with Crippen LogP contribution in [0.4, 0.5) is 0 Å². The molecular weight excluding hydrogens is 358 g/mol. The summed E-state index contributed by atoms with van der Waals surface area (Å²) < 4.78 is 10.8. The number of carbonyl (C=O) groups excluding carboxylic acids is 2. The van der Waals surface area contributed by atoms with Gasteiger partial charge in [0.2, 0.25) is 11.8 Å². The summed E-state index contributed by atoms with van der Waals surface area (Å²) in [6, 6.07) is 0.260. The number of rotatable bonds is 7. The Hall–Kier alpha value is -1.31. The van der Waals surface area contributed by atoms with Gasteiger partial charge in [-0.15, -0.1) is 0 Å². The van der Waals surface area contributed by atoms with Gasteiger partial charge in [-0.3, -0.25) is 19.8 Å². The molecule has 0 aromatic heterocycles. The van der Waals surface area contributed by atoms with E-state index in [1.807, 2.05) is 39.6 Å². The van der Waals surface area contributed by atoms with Gasteiger partial charge in [-0.1, -0.05) is 13.8 Å². The molecule has 28 heavy (non-hydrogen) atoms. The fourth-order valence-corrected chi connectivity index (χ4v) is 4.07. The highest BCUT2D eigenvalue weighted by Crippen LogP contribution is 2.36. The van der Waals surface area contributed by atoms with Crippen LogP contribution in [-0.4, -0.2) is 67.5 Å². The summed E-state index contributed by atoms with van der Waals surface area (Å²) in [6.07, 6.45) is 3.51. The summed E-state index contributed by atoms with van der Waals surface area (Å²) in [5, 5.41) is 11.0. The first kappa shape index (κ1) is 23.0. The molecule has 0 saturated carbocycles. The first-order valence-electron chi connectivity index (χ1n) is 10.4. The maximum Gasteiger partial charge on any atom is 0.246 e. The van der Waals surface area contributed by atoms with Crippen molar-refractivity contribution >= 4 is 17.5 Å². The third-order valence-electron chi connectivity index (χ3n) is 6.79. The molecule has 7 heteroatoms. The lowest BCUT2D eigenvalue weighted by molar-refractivity contribution is -0.138. The van der Waals surface area contributed by atoms with E-state index in [0.717, 1.165) is 25.7 Å². The Kier molecular flexibility index (Phi) is 7.76. The highest BCUT2D eigenvalue weighted by atomic mass is 16.5. The number of amides is 2. The van der Waals surface area contributed by atoms with Gasteiger partial charge in [-0.05, 0) is 52.5 Å². The molecule has 0 radical (unpaired) electrons. The maximum absolute atomic E-state index is 12.8. The quantitative estimate of drug-likeness (QED) is 0.646. The van der Waals surface area contributed by atoms with E-state index in [9.17, 15) is 9.59 Å². The van der Waals surface area contributed by atoms with Crippen molar-refractivity contribution in [2.24, 2.45) is 11.3 Å². The summed E-state index contributed by atoms with van der Waals surface area (Å²) in [5.74, 6) is -0.389. The van der Waals surface area contributed by atoms with E-state index in [4.69, 9.17) is 14.9 Å². The number of ether oxygens (including phenoxy) is 2. The fraction of sp³-hybridized carbons (Fsp3) is 0.857. The Bertz CT molecular complexity index is 576. The third-order valence-corrected chi connectivity index (χ3v) is 6.79. The van der Waals surface area contributed by atoms with Crippen molar-refractivity contribution < 1.29 is 19.1 Å². The van der Waals surface area contributed by atoms with Gasteiger partial charge in [-0.2, -0.15) is 0 Å². The molecule has 0 atom stereocenters. The highest BCUT2D eigenvalue weighted by Gasteiger charge is 2.39. The van der Waals surface area contributed by atoms with Gasteiger partial charge in [0.25, 0.3) is 0 Å². The molecule has 160 valence electrons. The highest BCUT2D eigenvalue weighted by molar-refractivity contribution is 6.08. The first-order valence-corrected chi connectivity index (χ1v) is 10.4. The van der Waals surface area contributed by atoms with E-state index in [2.05, 4.69) is 5.32 Å². The van der Waals surface area contributed by atoms with Crippen molar-refractivity contribution in [3.8, 4) is 0 Å². The number of carbonyl (C=O) groups is 2. The van der Waals surface area contributed by atoms with Gasteiger partial charge in [0.05, 0.1) is 12.0 Å². The molecule has 0 aromatic carbocycles. The zero-order chi connectivity index (χ0) is 20.9. The molecular formula is C21H37N3O4. The van der Waals surface area contributed by atoms with Gasteiger partial charge in [0.1, 0.15) is 0 Å². The fourth-order valence-electron chi connectivity index (χ4n) is 4.07. The van der Waals surface area contributed by atoms with E-state index in [1.54, 1.807) is 0 Å². The second kappa shape index (κ2) is 9.46. The molecule has 0 bridgehead atoms. The van der Waals surface area contributed by atoms with Gasteiger partial charge in [0, 0.05) is 43.6 Å². The van der Waals surface area contributed by atoms with Crippen LogP contribution in [0, 0.1) is 16.7 Å². The molecule has 2 amide bonds. The Morgan fingerprint density at radius 2 is 1.50 bits per heavy atom. The molecule has 0 spiro atoms. The second-order valence-electron chi connectivity index (χ2n) is 9.15. The van der Waals surface area contributed by atoms with Crippen LogP contribution in [0.15, 0.2) is 0 Å². The van der Waals surface area contributed by atoms with E-state index < -0.39 is 11.4 Å². The van der Waals surface area contributed by atoms with Crippen LogP contribution in [0.25, 0.3) is 0 Å². The molecule has 2 aliphatic heterocycles. The second-order valence-corrected chi connectivity index (χ2v) is 9.15. The Morgan fingerprint density at radius 3 is 2.04 bits per heavy atom. The summed E-state index contributed by atoms with van der Waals surface area (Å²) >= 11 is 0. The van der Waals surface area contributed by atoms with Crippen LogP contribution < -0.4 is 5.32 Å². The molecule has 2 heterocycles. The predicted molar refractivity (Wildman–Crippen MR) is 109 cm³/mol. The van der Waals surface area contributed by atoms with Crippen LogP contribution in [0.5, 0.6) is 0 Å². The minimum absolute atomic E-state index is 0.0485. The van der Waals surface area contributed by atoms with E-state index in [0.29, 0.717) is 38.1 Å². The van der Waals surface area contributed by atoms with Crippen LogP contribution >= 0.6 is 0 Å². The molecule has 0 unspecified atom stereocenters. The summed E-state index contributed by atoms with van der Waals surface area (Å²) in [5.41, 5.74) is -0.811. The van der Waals surface area contributed by atoms with Crippen LogP contribution in [0.1, 0.15) is 59.8 Å². The number of likely N-dealkylation sites (N-methyl/N-ethyl adjacent to an activating group) is 1. The Balaban J connectivity index is 1.91. The van der Waals surface area contributed by atoms with Gasteiger partial charge in [0.15, 0.2) is 0 Å². The number of hydrogen-bond acceptors (Lipinski definition) is 6. The third kappa shape index (κ3) is 5.39. The Labute approximate surface area is 169 Å². The van der Waals surface area contributed by atoms with Crippen molar-refractivity contribution in [3.63, 3.8) is 0 Å². The van der Waals surface area contributed by atoms with Crippen molar-refractivity contribution in [1.82, 2.24) is 10.2 Å². The zero-order valence-electron chi connectivity index (χ0n) is 18.1. The number of hydrogen-bond donors (Lipinski definition) is 2. The molecule has 0 aliphatic carbocycles. The Morgan fingerprint density at radius 1 is 1.00 bits per heavy atom. The molecule has 2 aliphatic rings.